The average Bonchev–Trinajstić information content (AvgIpc) is 2.56. The average molecular weight is 346 g/mol. The molecule has 0 aliphatic rings. The van der Waals surface area contributed by atoms with Crippen LogP contribution in [0.4, 0.5) is 0 Å². The Morgan fingerprint density at radius 2 is 1.67 bits per heavy atom. The number of carbonyl (C=O) groups excluding carboxylic acids is 1. The molecule has 5 nitrogen and oxygen atoms in total. The third-order valence-corrected chi connectivity index (χ3v) is 5.36. The summed E-state index contributed by atoms with van der Waals surface area (Å²) in [7, 11) is -2.05. The summed E-state index contributed by atoms with van der Waals surface area (Å²) in [6.45, 7) is 3.97. The molecule has 0 saturated heterocycles. The first-order chi connectivity index (χ1) is 11.3. The van der Waals surface area contributed by atoms with Gasteiger partial charge in [0.2, 0.25) is 15.9 Å². The summed E-state index contributed by atoms with van der Waals surface area (Å²) in [5.74, 6) is -0.280. The molecule has 6 heteroatoms. The van der Waals surface area contributed by atoms with Crippen molar-refractivity contribution < 1.29 is 13.2 Å². The highest BCUT2D eigenvalue weighted by atomic mass is 32.2. The second kappa shape index (κ2) is 7.59. The maximum Gasteiger partial charge on any atom is 0.241 e. The third kappa shape index (κ3) is 4.43. The first kappa shape index (κ1) is 18.2. The van der Waals surface area contributed by atoms with Crippen molar-refractivity contribution in [1.82, 2.24) is 9.62 Å². The Morgan fingerprint density at radius 1 is 1.08 bits per heavy atom. The highest BCUT2D eigenvalue weighted by molar-refractivity contribution is 7.89. The fraction of sp³-hybridized carbons (Fsp3) is 0.278. The molecule has 1 amide bonds. The molecule has 0 aliphatic heterocycles. The van der Waals surface area contributed by atoms with Crippen molar-refractivity contribution in [3.63, 3.8) is 0 Å². The second-order valence-corrected chi connectivity index (χ2v) is 7.49. The van der Waals surface area contributed by atoms with Gasteiger partial charge in [-0.1, -0.05) is 42.5 Å². The number of hydrogen-bond donors (Lipinski definition) is 1. The number of amides is 1. The Labute approximate surface area is 143 Å². The summed E-state index contributed by atoms with van der Waals surface area (Å²) in [6.07, 6.45) is 0. The summed E-state index contributed by atoms with van der Waals surface area (Å²) in [5.41, 5.74) is 2.13. The minimum absolute atomic E-state index is 0.145. The zero-order chi connectivity index (χ0) is 17.7. The van der Waals surface area contributed by atoms with Gasteiger partial charge in [0.15, 0.2) is 0 Å². The van der Waals surface area contributed by atoms with Crippen LogP contribution in [-0.4, -0.2) is 32.3 Å². The van der Waals surface area contributed by atoms with Crippen molar-refractivity contribution in [3.8, 4) is 0 Å². The number of hydrogen-bond acceptors (Lipinski definition) is 3. The van der Waals surface area contributed by atoms with E-state index in [0.29, 0.717) is 6.54 Å². The number of nitrogens with zero attached hydrogens (tertiary/aromatic N) is 1. The van der Waals surface area contributed by atoms with Crippen molar-refractivity contribution in [1.29, 1.82) is 0 Å². The van der Waals surface area contributed by atoms with Crippen molar-refractivity contribution in [2.45, 2.75) is 31.3 Å². The van der Waals surface area contributed by atoms with E-state index in [9.17, 15) is 13.2 Å². The van der Waals surface area contributed by atoms with E-state index in [1.807, 2.05) is 31.2 Å². The molecule has 1 N–H and O–H groups in total. The maximum absolute atomic E-state index is 12.5. The topological polar surface area (TPSA) is 66.5 Å². The van der Waals surface area contributed by atoms with Gasteiger partial charge in [0.25, 0.3) is 0 Å². The largest absolute Gasteiger partial charge is 0.340 e. The Morgan fingerprint density at radius 3 is 2.29 bits per heavy atom. The van der Waals surface area contributed by atoms with Gasteiger partial charge in [-0.3, -0.25) is 4.79 Å². The lowest BCUT2D eigenvalue weighted by Gasteiger charge is -2.23. The van der Waals surface area contributed by atoms with Gasteiger partial charge in [0.1, 0.15) is 0 Å². The molecule has 0 radical (unpaired) electrons. The molecule has 0 aliphatic carbocycles. The van der Waals surface area contributed by atoms with Crippen molar-refractivity contribution in [2.75, 3.05) is 7.05 Å². The number of carbonyl (C=O) groups is 1. The zero-order valence-corrected chi connectivity index (χ0v) is 14.9. The number of nitrogens with one attached hydrogen (secondary N) is 1. The molecule has 0 saturated carbocycles. The van der Waals surface area contributed by atoms with E-state index >= 15 is 0 Å². The molecule has 24 heavy (non-hydrogen) atoms. The number of aryl methyl sites for hydroxylation is 1. The fourth-order valence-electron chi connectivity index (χ4n) is 2.40. The van der Waals surface area contributed by atoms with Crippen LogP contribution in [0.5, 0.6) is 0 Å². The van der Waals surface area contributed by atoms with Gasteiger partial charge in [-0.25, -0.2) is 8.42 Å². The Bertz CT molecular complexity index is 804. The minimum Gasteiger partial charge on any atom is -0.340 e. The number of likely N-dealkylation sites (N-methyl/N-ethyl adjacent to an activating group) is 1. The van der Waals surface area contributed by atoms with Crippen molar-refractivity contribution in [2.24, 2.45) is 0 Å². The van der Waals surface area contributed by atoms with Gasteiger partial charge < -0.3 is 4.90 Å². The molecule has 1 atom stereocenters. The predicted molar refractivity (Wildman–Crippen MR) is 93.9 cm³/mol. The number of rotatable bonds is 6. The predicted octanol–water partition coefficient (Wildman–Crippen LogP) is 2.32. The van der Waals surface area contributed by atoms with Crippen LogP contribution >= 0.6 is 0 Å². The fourth-order valence-corrected chi connectivity index (χ4v) is 3.62. The lowest BCUT2D eigenvalue weighted by molar-refractivity contribution is -0.131. The maximum atomic E-state index is 12.5. The lowest BCUT2D eigenvalue weighted by Crippen LogP contribution is -2.45. The SMILES string of the molecule is Cc1ccccc1CN(C)C(=O)C(C)NS(=O)(=O)c1ccccc1. The smallest absolute Gasteiger partial charge is 0.241 e. The van der Waals surface area contributed by atoms with Crippen LogP contribution < -0.4 is 4.72 Å². The first-order valence-corrected chi connectivity index (χ1v) is 9.16. The van der Waals surface area contributed by atoms with E-state index in [0.717, 1.165) is 11.1 Å². The minimum atomic E-state index is -3.72. The van der Waals surface area contributed by atoms with Crippen molar-refractivity contribution in [3.05, 3.63) is 65.7 Å². The summed E-state index contributed by atoms with van der Waals surface area (Å²) in [5, 5.41) is 0. The summed E-state index contributed by atoms with van der Waals surface area (Å²) in [4.78, 5) is 14.1. The Balaban J connectivity index is 2.05. The zero-order valence-electron chi connectivity index (χ0n) is 14.1. The summed E-state index contributed by atoms with van der Waals surface area (Å²) < 4.78 is 27.0. The van der Waals surface area contributed by atoms with Crippen LogP contribution in [-0.2, 0) is 21.4 Å². The molecule has 2 rings (SSSR count). The van der Waals surface area contributed by atoms with Gasteiger partial charge in [0, 0.05) is 13.6 Å². The molecule has 0 bridgehead atoms. The van der Waals surface area contributed by atoms with E-state index in [2.05, 4.69) is 4.72 Å². The van der Waals surface area contributed by atoms with E-state index < -0.39 is 16.1 Å². The van der Waals surface area contributed by atoms with Crippen molar-refractivity contribution >= 4 is 15.9 Å². The van der Waals surface area contributed by atoms with Gasteiger partial charge >= 0.3 is 0 Å². The van der Waals surface area contributed by atoms with Crippen LogP contribution in [0.1, 0.15) is 18.1 Å². The Kier molecular flexibility index (Phi) is 5.75. The lowest BCUT2D eigenvalue weighted by atomic mass is 10.1. The third-order valence-electron chi connectivity index (χ3n) is 3.80. The van der Waals surface area contributed by atoms with E-state index in [-0.39, 0.29) is 10.8 Å². The van der Waals surface area contributed by atoms with Crippen LogP contribution in [0.3, 0.4) is 0 Å². The Hall–Kier alpha value is -2.18. The highest BCUT2D eigenvalue weighted by Gasteiger charge is 2.24. The normalized spacial score (nSPS) is 12.6. The van der Waals surface area contributed by atoms with Crippen LogP contribution in [0.15, 0.2) is 59.5 Å². The molecular formula is C18H22N2O3S. The molecule has 2 aromatic carbocycles. The van der Waals surface area contributed by atoms with Gasteiger partial charge in [0.05, 0.1) is 10.9 Å². The van der Waals surface area contributed by atoms with Gasteiger partial charge in [-0.15, -0.1) is 0 Å². The first-order valence-electron chi connectivity index (χ1n) is 7.68. The van der Waals surface area contributed by atoms with Crippen LogP contribution in [0.2, 0.25) is 0 Å². The molecule has 2 aromatic rings. The van der Waals surface area contributed by atoms with E-state index in [1.165, 1.54) is 17.0 Å². The molecule has 0 heterocycles. The van der Waals surface area contributed by atoms with E-state index in [4.69, 9.17) is 0 Å². The molecule has 1 unspecified atom stereocenters. The summed E-state index contributed by atoms with van der Waals surface area (Å²) >= 11 is 0. The van der Waals surface area contributed by atoms with Gasteiger partial charge in [-0.2, -0.15) is 4.72 Å². The standard InChI is InChI=1S/C18H22N2O3S/c1-14-9-7-8-10-16(14)13-20(3)18(21)15(2)19-24(22,23)17-11-5-4-6-12-17/h4-12,15,19H,13H2,1-3H3. The molecule has 128 valence electrons. The molecule has 0 spiro atoms. The van der Waals surface area contributed by atoms with E-state index in [1.54, 1.807) is 32.2 Å². The number of benzene rings is 2. The molecule has 0 fully saturated rings. The quantitative estimate of drug-likeness (QED) is 0.873. The number of sulfonamides is 1. The monoisotopic (exact) mass is 346 g/mol. The highest BCUT2D eigenvalue weighted by Crippen LogP contribution is 2.12. The van der Waals surface area contributed by atoms with Gasteiger partial charge in [-0.05, 0) is 37.1 Å². The second-order valence-electron chi connectivity index (χ2n) is 5.78. The molecule has 0 aromatic heterocycles. The van der Waals surface area contributed by atoms with Crippen LogP contribution in [0.25, 0.3) is 0 Å². The molecular weight excluding hydrogens is 324 g/mol. The van der Waals surface area contributed by atoms with Crippen LogP contribution in [0, 0.1) is 6.92 Å². The summed E-state index contributed by atoms with van der Waals surface area (Å²) in [6, 6.07) is 15.0.